The number of methoxy groups -OCH3 is 1. The second-order valence-corrected chi connectivity index (χ2v) is 6.02. The number of carboxylic acids is 1. The van der Waals surface area contributed by atoms with Gasteiger partial charge in [0.25, 0.3) is 5.56 Å². The van der Waals surface area contributed by atoms with Gasteiger partial charge in [-0.2, -0.15) is 23.4 Å². The molecule has 0 amide bonds. The standard InChI is InChI=1S/C17H15F3N4O4/c1-9(16(26)27)24-12-7-21-23(8-10-3-5-11(28-2)6-4-10)15(25)13(12)14(22-24)17(18,19)20/h3-7,9H,8H2,1-2H3,(H,26,27). The van der Waals surface area contributed by atoms with Crippen LogP contribution >= 0.6 is 0 Å². The second kappa shape index (κ2) is 6.98. The summed E-state index contributed by atoms with van der Waals surface area (Å²) < 4.78 is 46.8. The Morgan fingerprint density at radius 1 is 1.29 bits per heavy atom. The van der Waals surface area contributed by atoms with Crippen LogP contribution in [-0.4, -0.2) is 37.7 Å². The van der Waals surface area contributed by atoms with E-state index < -0.39 is 34.8 Å². The van der Waals surface area contributed by atoms with Crippen molar-refractivity contribution < 1.29 is 27.8 Å². The fourth-order valence-corrected chi connectivity index (χ4v) is 2.70. The molecule has 1 aromatic carbocycles. The maximum Gasteiger partial charge on any atom is 0.435 e. The van der Waals surface area contributed by atoms with Gasteiger partial charge in [0, 0.05) is 0 Å². The highest BCUT2D eigenvalue weighted by molar-refractivity contribution is 5.83. The molecular formula is C17H15F3N4O4. The van der Waals surface area contributed by atoms with E-state index in [-0.39, 0.29) is 12.1 Å². The fraction of sp³-hybridized carbons (Fsp3) is 0.294. The average molecular weight is 396 g/mol. The minimum atomic E-state index is -4.93. The van der Waals surface area contributed by atoms with Gasteiger partial charge < -0.3 is 9.84 Å². The van der Waals surface area contributed by atoms with Crippen LogP contribution in [0, 0.1) is 0 Å². The van der Waals surface area contributed by atoms with E-state index in [0.717, 1.165) is 17.8 Å². The topological polar surface area (TPSA) is 99.2 Å². The summed E-state index contributed by atoms with van der Waals surface area (Å²) in [6.07, 6.45) is -3.91. The molecule has 28 heavy (non-hydrogen) atoms. The minimum Gasteiger partial charge on any atom is -0.497 e. The van der Waals surface area contributed by atoms with Gasteiger partial charge in [0.1, 0.15) is 17.2 Å². The van der Waals surface area contributed by atoms with E-state index in [9.17, 15) is 22.8 Å². The molecule has 2 heterocycles. The average Bonchev–Trinajstić information content (AvgIpc) is 3.04. The third-order valence-corrected chi connectivity index (χ3v) is 4.20. The highest BCUT2D eigenvalue weighted by Gasteiger charge is 2.39. The molecule has 0 fully saturated rings. The van der Waals surface area contributed by atoms with Crippen molar-refractivity contribution in [3.8, 4) is 5.75 Å². The van der Waals surface area contributed by atoms with Crippen molar-refractivity contribution in [3.63, 3.8) is 0 Å². The van der Waals surface area contributed by atoms with Crippen LogP contribution in [0.15, 0.2) is 35.3 Å². The first-order valence-corrected chi connectivity index (χ1v) is 8.04. The van der Waals surface area contributed by atoms with Crippen molar-refractivity contribution in [2.45, 2.75) is 25.7 Å². The van der Waals surface area contributed by atoms with E-state index in [2.05, 4.69) is 10.2 Å². The zero-order valence-corrected chi connectivity index (χ0v) is 14.8. The molecule has 0 saturated carbocycles. The lowest BCUT2D eigenvalue weighted by molar-refractivity contribution is -0.143. The number of rotatable bonds is 5. The monoisotopic (exact) mass is 396 g/mol. The molecule has 0 aliphatic heterocycles. The van der Waals surface area contributed by atoms with E-state index in [1.54, 1.807) is 24.3 Å². The number of ether oxygens (including phenoxy) is 1. The van der Waals surface area contributed by atoms with Crippen molar-refractivity contribution in [1.82, 2.24) is 19.6 Å². The van der Waals surface area contributed by atoms with Crippen molar-refractivity contribution in [2.75, 3.05) is 7.11 Å². The number of halogens is 3. The molecule has 0 spiro atoms. The van der Waals surface area contributed by atoms with Gasteiger partial charge in [0.05, 0.1) is 25.4 Å². The number of aromatic nitrogens is 4. The van der Waals surface area contributed by atoms with Gasteiger partial charge in [-0.25, -0.2) is 14.2 Å². The Morgan fingerprint density at radius 2 is 1.93 bits per heavy atom. The predicted octanol–water partition coefficient (Wildman–Crippen LogP) is 2.31. The van der Waals surface area contributed by atoms with Gasteiger partial charge in [-0.3, -0.25) is 4.79 Å². The number of aliphatic carboxylic acids is 1. The summed E-state index contributed by atoms with van der Waals surface area (Å²) in [4.78, 5) is 23.9. The van der Waals surface area contributed by atoms with Crippen LogP contribution in [0.2, 0.25) is 0 Å². The van der Waals surface area contributed by atoms with Crippen LogP contribution in [0.5, 0.6) is 5.75 Å². The van der Waals surface area contributed by atoms with Crippen molar-refractivity contribution in [3.05, 3.63) is 52.1 Å². The van der Waals surface area contributed by atoms with Gasteiger partial charge in [-0.15, -0.1) is 0 Å². The molecule has 0 aliphatic rings. The Hall–Kier alpha value is -3.37. The summed E-state index contributed by atoms with van der Waals surface area (Å²) in [7, 11) is 1.49. The van der Waals surface area contributed by atoms with Crippen LogP contribution in [0.1, 0.15) is 24.2 Å². The molecule has 1 N–H and O–H groups in total. The Kier molecular flexibility index (Phi) is 4.84. The second-order valence-electron chi connectivity index (χ2n) is 6.02. The molecular weight excluding hydrogens is 381 g/mol. The zero-order valence-electron chi connectivity index (χ0n) is 14.8. The summed E-state index contributed by atoms with van der Waals surface area (Å²) in [5.41, 5.74) is -2.12. The molecule has 8 nitrogen and oxygen atoms in total. The summed E-state index contributed by atoms with van der Waals surface area (Å²) in [6.45, 7) is 1.09. The Labute approximate surface area is 155 Å². The maximum absolute atomic E-state index is 13.4. The lowest BCUT2D eigenvalue weighted by Crippen LogP contribution is -2.25. The largest absolute Gasteiger partial charge is 0.497 e. The van der Waals surface area contributed by atoms with E-state index in [0.29, 0.717) is 16.0 Å². The first-order valence-electron chi connectivity index (χ1n) is 8.04. The quantitative estimate of drug-likeness (QED) is 0.711. The molecule has 0 saturated heterocycles. The Morgan fingerprint density at radius 3 is 2.46 bits per heavy atom. The fourth-order valence-electron chi connectivity index (χ4n) is 2.70. The summed E-state index contributed by atoms with van der Waals surface area (Å²) in [5, 5.41) is 15.6. The first-order chi connectivity index (χ1) is 13.1. The van der Waals surface area contributed by atoms with Crippen molar-refractivity contribution in [2.24, 2.45) is 0 Å². The number of fused-ring (bicyclic) bond motifs is 1. The molecule has 0 bridgehead atoms. The number of alkyl halides is 3. The smallest absolute Gasteiger partial charge is 0.435 e. The molecule has 1 unspecified atom stereocenters. The van der Waals surface area contributed by atoms with E-state index >= 15 is 0 Å². The SMILES string of the molecule is COc1ccc(Cn2ncc3c(c(C(F)(F)F)nn3C(C)C(=O)O)c2=O)cc1. The molecule has 0 radical (unpaired) electrons. The number of carboxylic acid groups (broad SMARTS) is 1. The van der Waals surface area contributed by atoms with Crippen LogP contribution in [0.25, 0.3) is 10.9 Å². The summed E-state index contributed by atoms with van der Waals surface area (Å²) in [6, 6.07) is 5.19. The van der Waals surface area contributed by atoms with E-state index in [1.165, 1.54) is 7.11 Å². The molecule has 0 aliphatic carbocycles. The summed E-state index contributed by atoms with van der Waals surface area (Å²) >= 11 is 0. The van der Waals surface area contributed by atoms with Gasteiger partial charge in [0.2, 0.25) is 0 Å². The number of carbonyl (C=O) groups is 1. The van der Waals surface area contributed by atoms with Crippen LogP contribution in [0.3, 0.4) is 0 Å². The molecule has 148 valence electrons. The van der Waals surface area contributed by atoms with Gasteiger partial charge in [-0.1, -0.05) is 12.1 Å². The lowest BCUT2D eigenvalue weighted by atomic mass is 10.2. The lowest BCUT2D eigenvalue weighted by Gasteiger charge is -2.09. The zero-order chi connectivity index (χ0) is 20.6. The van der Waals surface area contributed by atoms with Crippen LogP contribution < -0.4 is 10.3 Å². The normalized spacial score (nSPS) is 12.9. The number of hydrogen-bond acceptors (Lipinski definition) is 5. The molecule has 3 rings (SSSR count). The summed E-state index contributed by atoms with van der Waals surface area (Å²) in [5.74, 6) is -0.802. The molecule has 11 heteroatoms. The van der Waals surface area contributed by atoms with E-state index in [1.807, 2.05) is 0 Å². The number of benzene rings is 1. The number of hydrogen-bond donors (Lipinski definition) is 1. The molecule has 3 aromatic rings. The van der Waals surface area contributed by atoms with Crippen LogP contribution in [-0.2, 0) is 17.5 Å². The third-order valence-electron chi connectivity index (χ3n) is 4.20. The predicted molar refractivity (Wildman–Crippen MR) is 91.2 cm³/mol. The van der Waals surface area contributed by atoms with Gasteiger partial charge in [0.15, 0.2) is 5.69 Å². The minimum absolute atomic E-state index is 0.0737. The highest BCUT2D eigenvalue weighted by Crippen LogP contribution is 2.33. The first kappa shape index (κ1) is 19.4. The van der Waals surface area contributed by atoms with Crippen molar-refractivity contribution >= 4 is 16.9 Å². The van der Waals surface area contributed by atoms with E-state index in [4.69, 9.17) is 9.84 Å². The Bertz CT molecular complexity index is 1090. The maximum atomic E-state index is 13.4. The van der Waals surface area contributed by atoms with Gasteiger partial charge in [-0.05, 0) is 24.6 Å². The van der Waals surface area contributed by atoms with Crippen molar-refractivity contribution in [1.29, 1.82) is 0 Å². The number of nitrogens with zero attached hydrogens (tertiary/aromatic N) is 4. The molecule has 2 aromatic heterocycles. The van der Waals surface area contributed by atoms with Gasteiger partial charge >= 0.3 is 12.1 Å². The molecule has 1 atom stereocenters. The highest BCUT2D eigenvalue weighted by atomic mass is 19.4. The third kappa shape index (κ3) is 3.42. The Balaban J connectivity index is 2.16. The van der Waals surface area contributed by atoms with Crippen LogP contribution in [0.4, 0.5) is 13.2 Å².